The minimum absolute atomic E-state index is 0.0154. The number of nitrogens with zero attached hydrogens (tertiary/aromatic N) is 3. The molecule has 0 fully saturated rings. The molecule has 1 amide bonds. The maximum absolute atomic E-state index is 12.6. The Balaban J connectivity index is 1.78. The van der Waals surface area contributed by atoms with Crippen LogP contribution >= 0.6 is 0 Å². The molecule has 0 N–H and O–H groups in total. The van der Waals surface area contributed by atoms with E-state index in [0.29, 0.717) is 18.9 Å². The van der Waals surface area contributed by atoms with Crippen LogP contribution in [0.15, 0.2) is 65.2 Å². The van der Waals surface area contributed by atoms with Gasteiger partial charge in [-0.1, -0.05) is 65.8 Å². The molecule has 5 heteroatoms. The lowest BCUT2D eigenvalue weighted by Gasteiger charge is -2.18. The fourth-order valence-corrected chi connectivity index (χ4v) is 2.28. The zero-order chi connectivity index (χ0) is 16.1. The quantitative estimate of drug-likeness (QED) is 0.725. The van der Waals surface area contributed by atoms with Gasteiger partial charge in [-0.3, -0.25) is 4.79 Å². The lowest BCUT2D eigenvalue weighted by Crippen LogP contribution is -2.30. The average molecular weight is 307 g/mol. The van der Waals surface area contributed by atoms with Gasteiger partial charge < -0.3 is 9.42 Å². The van der Waals surface area contributed by atoms with Crippen LogP contribution in [0.5, 0.6) is 0 Å². The number of hydrogen-bond acceptors (Lipinski definition) is 4. The predicted molar refractivity (Wildman–Crippen MR) is 86.6 cm³/mol. The molecule has 2 aromatic carbocycles. The number of carbonyl (C=O) groups excluding carboxylic acids is 1. The molecule has 3 rings (SSSR count). The minimum atomic E-state index is -0.258. The van der Waals surface area contributed by atoms with E-state index < -0.39 is 0 Å². The molecule has 1 aromatic heterocycles. The van der Waals surface area contributed by atoms with Crippen LogP contribution in [0.1, 0.15) is 23.2 Å². The molecule has 0 bridgehead atoms. The number of amides is 1. The van der Waals surface area contributed by atoms with Crippen LogP contribution in [0, 0.1) is 0 Å². The average Bonchev–Trinajstić information content (AvgIpc) is 3.11. The maximum Gasteiger partial charge on any atom is 0.316 e. The summed E-state index contributed by atoms with van der Waals surface area (Å²) in [7, 11) is 0. The molecular formula is C18H17N3O2. The van der Waals surface area contributed by atoms with Crippen molar-refractivity contribution in [3.63, 3.8) is 0 Å². The van der Waals surface area contributed by atoms with Crippen molar-refractivity contribution in [3.8, 4) is 11.4 Å². The fraction of sp³-hybridized carbons (Fsp3) is 0.167. The SMILES string of the molecule is CCN(Cc1ccccc1)C(=O)c1nc(-c2ccccc2)no1. The van der Waals surface area contributed by atoms with Gasteiger partial charge in [0.2, 0.25) is 5.82 Å². The summed E-state index contributed by atoms with van der Waals surface area (Å²) in [6.45, 7) is 3.01. The van der Waals surface area contributed by atoms with E-state index in [1.165, 1.54) is 0 Å². The Kier molecular flexibility index (Phi) is 4.47. The van der Waals surface area contributed by atoms with E-state index in [0.717, 1.165) is 11.1 Å². The van der Waals surface area contributed by atoms with Crippen molar-refractivity contribution < 1.29 is 9.32 Å². The van der Waals surface area contributed by atoms with Gasteiger partial charge in [0.15, 0.2) is 0 Å². The van der Waals surface area contributed by atoms with Crippen LogP contribution in [0.3, 0.4) is 0 Å². The largest absolute Gasteiger partial charge is 0.330 e. The second-order valence-corrected chi connectivity index (χ2v) is 5.09. The third kappa shape index (κ3) is 3.45. The maximum atomic E-state index is 12.6. The van der Waals surface area contributed by atoms with Crippen LogP contribution in [-0.4, -0.2) is 27.5 Å². The summed E-state index contributed by atoms with van der Waals surface area (Å²) in [6.07, 6.45) is 0. The Hall–Kier alpha value is -2.95. The van der Waals surface area contributed by atoms with Gasteiger partial charge in [0.1, 0.15) is 0 Å². The first-order valence-corrected chi connectivity index (χ1v) is 7.50. The highest BCUT2D eigenvalue weighted by molar-refractivity contribution is 5.90. The Morgan fingerprint density at radius 3 is 2.35 bits per heavy atom. The number of carbonyl (C=O) groups is 1. The van der Waals surface area contributed by atoms with E-state index in [1.807, 2.05) is 67.6 Å². The van der Waals surface area contributed by atoms with Crippen molar-refractivity contribution in [1.82, 2.24) is 15.0 Å². The van der Waals surface area contributed by atoms with Gasteiger partial charge >= 0.3 is 11.8 Å². The number of aromatic nitrogens is 2. The summed E-state index contributed by atoms with van der Waals surface area (Å²) < 4.78 is 5.15. The summed E-state index contributed by atoms with van der Waals surface area (Å²) in [5.74, 6) is 0.178. The third-order valence-electron chi connectivity index (χ3n) is 3.53. The van der Waals surface area contributed by atoms with Crippen LogP contribution in [0.2, 0.25) is 0 Å². The molecule has 0 atom stereocenters. The highest BCUT2D eigenvalue weighted by Crippen LogP contribution is 2.16. The van der Waals surface area contributed by atoms with Crippen molar-refractivity contribution in [2.45, 2.75) is 13.5 Å². The summed E-state index contributed by atoms with van der Waals surface area (Å²) in [5.41, 5.74) is 1.88. The first-order valence-electron chi connectivity index (χ1n) is 7.50. The van der Waals surface area contributed by atoms with Crippen molar-refractivity contribution in [2.75, 3.05) is 6.54 Å². The van der Waals surface area contributed by atoms with Gasteiger partial charge in [-0.2, -0.15) is 4.98 Å². The standard InChI is InChI=1S/C18H17N3O2/c1-2-21(13-14-9-5-3-6-10-14)18(22)17-19-16(20-23-17)15-11-7-4-8-12-15/h3-12H,2,13H2,1H3. The molecule has 1 heterocycles. The van der Waals surface area contributed by atoms with Crippen LogP contribution < -0.4 is 0 Å². The summed E-state index contributed by atoms with van der Waals surface area (Å²) in [4.78, 5) is 18.5. The highest BCUT2D eigenvalue weighted by Gasteiger charge is 2.21. The topological polar surface area (TPSA) is 59.2 Å². The van der Waals surface area contributed by atoms with E-state index in [-0.39, 0.29) is 11.8 Å². The zero-order valence-electron chi connectivity index (χ0n) is 12.8. The van der Waals surface area contributed by atoms with Gasteiger partial charge in [0.05, 0.1) is 0 Å². The predicted octanol–water partition coefficient (Wildman–Crippen LogP) is 3.40. The summed E-state index contributed by atoms with van der Waals surface area (Å²) in [5, 5.41) is 3.90. The van der Waals surface area contributed by atoms with Gasteiger partial charge in [-0.15, -0.1) is 0 Å². The Labute approximate surface area is 134 Å². The number of rotatable bonds is 5. The number of hydrogen-bond donors (Lipinski definition) is 0. The summed E-state index contributed by atoms with van der Waals surface area (Å²) in [6, 6.07) is 19.3. The molecule has 23 heavy (non-hydrogen) atoms. The lowest BCUT2D eigenvalue weighted by atomic mass is 10.2. The Morgan fingerprint density at radius 2 is 1.70 bits per heavy atom. The van der Waals surface area contributed by atoms with E-state index in [4.69, 9.17) is 4.52 Å². The van der Waals surface area contributed by atoms with Gasteiger partial charge in [-0.25, -0.2) is 0 Å². The molecule has 0 spiro atoms. The number of benzene rings is 2. The van der Waals surface area contributed by atoms with E-state index in [1.54, 1.807) is 4.90 Å². The zero-order valence-corrected chi connectivity index (χ0v) is 12.8. The first kappa shape index (κ1) is 15.0. The fourth-order valence-electron chi connectivity index (χ4n) is 2.28. The van der Waals surface area contributed by atoms with Crippen LogP contribution in [-0.2, 0) is 6.54 Å². The van der Waals surface area contributed by atoms with Crippen molar-refractivity contribution in [2.24, 2.45) is 0 Å². The van der Waals surface area contributed by atoms with E-state index in [9.17, 15) is 4.79 Å². The van der Waals surface area contributed by atoms with E-state index in [2.05, 4.69) is 10.1 Å². The molecule has 116 valence electrons. The Morgan fingerprint density at radius 1 is 1.04 bits per heavy atom. The monoisotopic (exact) mass is 307 g/mol. The molecule has 3 aromatic rings. The molecular weight excluding hydrogens is 290 g/mol. The molecule has 0 saturated carbocycles. The van der Waals surface area contributed by atoms with Crippen molar-refractivity contribution in [1.29, 1.82) is 0 Å². The minimum Gasteiger partial charge on any atom is -0.330 e. The molecule has 0 aliphatic rings. The molecule has 0 saturated heterocycles. The third-order valence-corrected chi connectivity index (χ3v) is 3.53. The summed E-state index contributed by atoms with van der Waals surface area (Å²) >= 11 is 0. The van der Waals surface area contributed by atoms with Crippen molar-refractivity contribution >= 4 is 5.91 Å². The van der Waals surface area contributed by atoms with Gasteiger partial charge in [0.25, 0.3) is 0 Å². The normalized spacial score (nSPS) is 10.5. The van der Waals surface area contributed by atoms with E-state index >= 15 is 0 Å². The van der Waals surface area contributed by atoms with Gasteiger partial charge in [0, 0.05) is 18.7 Å². The van der Waals surface area contributed by atoms with Crippen molar-refractivity contribution in [3.05, 3.63) is 72.1 Å². The highest BCUT2D eigenvalue weighted by atomic mass is 16.5. The molecule has 0 radical (unpaired) electrons. The van der Waals surface area contributed by atoms with Crippen LogP contribution in [0.4, 0.5) is 0 Å². The molecule has 0 unspecified atom stereocenters. The first-order chi connectivity index (χ1) is 11.3. The smallest absolute Gasteiger partial charge is 0.316 e. The second-order valence-electron chi connectivity index (χ2n) is 5.09. The Bertz CT molecular complexity index is 769. The molecule has 0 aliphatic carbocycles. The molecule has 0 aliphatic heterocycles. The second kappa shape index (κ2) is 6.87. The molecule has 5 nitrogen and oxygen atoms in total. The lowest BCUT2D eigenvalue weighted by molar-refractivity contribution is 0.0702. The van der Waals surface area contributed by atoms with Gasteiger partial charge in [-0.05, 0) is 12.5 Å². The van der Waals surface area contributed by atoms with Crippen LogP contribution in [0.25, 0.3) is 11.4 Å².